The summed E-state index contributed by atoms with van der Waals surface area (Å²) in [5.41, 5.74) is 3.33. The molecule has 2 aromatic rings. The molecule has 2 aromatic carbocycles. The fraction of sp³-hybridized carbons (Fsp3) is 0.654. The van der Waals surface area contributed by atoms with Crippen LogP contribution in [0.5, 0.6) is 0 Å². The van der Waals surface area contributed by atoms with E-state index in [0.29, 0.717) is 44.9 Å². The third-order valence-corrected chi connectivity index (χ3v) is 11.2. The van der Waals surface area contributed by atoms with Crippen molar-refractivity contribution in [1.82, 2.24) is 16.0 Å². The number of carbonyl (C=O) groups excluding carboxylic acids is 6. The normalized spacial score (nSPS) is 13.2. The van der Waals surface area contributed by atoms with Crippen molar-refractivity contribution >= 4 is 36.1 Å². The monoisotopic (exact) mass is 890 g/mol. The van der Waals surface area contributed by atoms with Crippen LogP contribution in [0.15, 0.2) is 48.5 Å². The number of alkyl carbamates (subject to hydrolysis) is 1. The van der Waals surface area contributed by atoms with E-state index in [9.17, 15) is 28.8 Å². The van der Waals surface area contributed by atoms with Crippen LogP contribution in [-0.4, -0.2) is 72.6 Å². The van der Waals surface area contributed by atoms with Gasteiger partial charge in [-0.05, 0) is 102 Å². The number of unbranched alkanes of at least 4 members (excludes halogenated alkanes) is 14. The van der Waals surface area contributed by atoms with Crippen LogP contribution >= 0.6 is 0 Å². The second kappa shape index (κ2) is 28.9. The Morgan fingerprint density at radius 2 is 1.08 bits per heavy atom. The average molecular weight is 890 g/mol. The molecule has 0 bridgehead atoms. The molecule has 0 spiro atoms. The Morgan fingerprint density at radius 1 is 0.578 bits per heavy atom. The number of nitrogens with one attached hydrogen (secondary N) is 3. The van der Waals surface area contributed by atoms with Crippen LogP contribution in [0.3, 0.4) is 0 Å². The van der Waals surface area contributed by atoms with Gasteiger partial charge in [-0.25, -0.2) is 9.59 Å². The Morgan fingerprint density at radius 3 is 1.59 bits per heavy atom. The summed E-state index contributed by atoms with van der Waals surface area (Å²) in [5.74, 6) is -1.22. The molecule has 356 valence electrons. The number of carbonyl (C=O) groups is 6. The third kappa shape index (κ3) is 22.2. The van der Waals surface area contributed by atoms with Crippen LogP contribution in [0, 0.1) is 0 Å². The molecule has 0 radical (unpaired) electrons. The van der Waals surface area contributed by atoms with Crippen molar-refractivity contribution in [1.29, 1.82) is 0 Å². The van der Waals surface area contributed by atoms with Gasteiger partial charge in [0.25, 0.3) is 0 Å². The lowest BCUT2D eigenvalue weighted by molar-refractivity contribution is -0.159. The molecule has 0 unspecified atom stereocenters. The standard InChI is InChI=1S/C52H79N3O9/c1-51(2,3)63-48(59)33-20-18-16-14-12-10-8-7-9-11-13-15-17-19-32-47(58)55-45(49(60)64-52(4,5)6)34-35-46(57)53-36-26-25-27-39(37-56)54-50(61)62-38-44-42-30-23-21-28-40(42)41-29-22-24-31-43(41)44/h21-24,28-31,37,39,44-45H,7-20,25-27,32-36,38H2,1-6H3,(H,53,57)(H,54,61)(H,55,58)/t39-,45-/m0/s1. The molecular formula is C52H79N3O9. The Hall–Kier alpha value is -4.74. The van der Waals surface area contributed by atoms with E-state index >= 15 is 0 Å². The van der Waals surface area contributed by atoms with Crippen molar-refractivity contribution in [3.63, 3.8) is 0 Å². The van der Waals surface area contributed by atoms with Crippen LogP contribution in [0.2, 0.25) is 0 Å². The van der Waals surface area contributed by atoms with E-state index in [1.807, 2.05) is 57.2 Å². The number of rotatable bonds is 31. The lowest BCUT2D eigenvalue weighted by atomic mass is 9.98. The van der Waals surface area contributed by atoms with Gasteiger partial charge < -0.3 is 35.0 Å². The van der Waals surface area contributed by atoms with Crippen LogP contribution in [0.4, 0.5) is 4.79 Å². The molecule has 0 aromatic heterocycles. The molecule has 0 heterocycles. The minimum atomic E-state index is -0.932. The lowest BCUT2D eigenvalue weighted by Crippen LogP contribution is -2.44. The molecule has 12 heteroatoms. The van der Waals surface area contributed by atoms with Crippen molar-refractivity contribution in [3.05, 3.63) is 59.7 Å². The predicted octanol–water partition coefficient (Wildman–Crippen LogP) is 10.6. The molecule has 1 aliphatic rings. The topological polar surface area (TPSA) is 166 Å². The summed E-state index contributed by atoms with van der Waals surface area (Å²) in [6.07, 6.45) is 18.2. The molecule has 0 saturated heterocycles. The van der Waals surface area contributed by atoms with Gasteiger partial charge in [0.1, 0.15) is 30.1 Å². The number of fused-ring (bicyclic) bond motifs is 3. The highest BCUT2D eigenvalue weighted by Crippen LogP contribution is 2.44. The Kier molecular flexibility index (Phi) is 24.2. The molecule has 3 N–H and O–H groups in total. The number of benzene rings is 2. The third-order valence-electron chi connectivity index (χ3n) is 11.2. The van der Waals surface area contributed by atoms with Crippen molar-refractivity contribution in [2.45, 2.75) is 206 Å². The van der Waals surface area contributed by atoms with E-state index in [0.717, 1.165) is 60.8 Å². The first-order valence-corrected chi connectivity index (χ1v) is 24.1. The van der Waals surface area contributed by atoms with E-state index in [2.05, 4.69) is 28.1 Å². The zero-order valence-corrected chi connectivity index (χ0v) is 39.9. The molecule has 0 aliphatic heterocycles. The largest absolute Gasteiger partial charge is 0.460 e. The number of hydrogen-bond donors (Lipinski definition) is 3. The lowest BCUT2D eigenvalue weighted by Gasteiger charge is -2.24. The molecule has 1 aliphatic carbocycles. The minimum Gasteiger partial charge on any atom is -0.460 e. The molecule has 2 atom stereocenters. The van der Waals surface area contributed by atoms with Crippen LogP contribution < -0.4 is 16.0 Å². The van der Waals surface area contributed by atoms with Gasteiger partial charge in [0, 0.05) is 31.7 Å². The van der Waals surface area contributed by atoms with Gasteiger partial charge in [-0.15, -0.1) is 0 Å². The van der Waals surface area contributed by atoms with Crippen LogP contribution in [-0.2, 0) is 38.2 Å². The number of esters is 2. The summed E-state index contributed by atoms with van der Waals surface area (Å²) >= 11 is 0. The SMILES string of the molecule is CC(C)(C)OC(=O)CCCCCCCCCCCCCCCCC(=O)N[C@@H](CCC(=O)NCCCC[C@@H](C=O)NC(=O)OCC1c2ccccc2-c2ccccc21)C(=O)OC(C)(C)C. The molecule has 3 amide bonds. The number of aldehydes is 1. The molecule has 64 heavy (non-hydrogen) atoms. The summed E-state index contributed by atoms with van der Waals surface area (Å²) < 4.78 is 16.5. The van der Waals surface area contributed by atoms with E-state index in [4.69, 9.17) is 14.2 Å². The Balaban J connectivity index is 1.22. The van der Waals surface area contributed by atoms with Gasteiger partial charge in [-0.1, -0.05) is 126 Å². The van der Waals surface area contributed by atoms with E-state index in [-0.39, 0.29) is 43.2 Å². The van der Waals surface area contributed by atoms with E-state index in [1.54, 1.807) is 20.8 Å². The van der Waals surface area contributed by atoms with Crippen LogP contribution in [0.25, 0.3) is 11.1 Å². The zero-order chi connectivity index (χ0) is 46.8. The first kappa shape index (κ1) is 53.6. The second-order valence-corrected chi connectivity index (χ2v) is 19.3. The Labute approximate surface area is 383 Å². The van der Waals surface area contributed by atoms with Crippen molar-refractivity contribution in [2.75, 3.05) is 13.2 Å². The maximum atomic E-state index is 13.0. The maximum Gasteiger partial charge on any atom is 0.407 e. The van der Waals surface area contributed by atoms with Gasteiger partial charge in [-0.2, -0.15) is 0 Å². The summed E-state index contributed by atoms with van der Waals surface area (Å²) in [5, 5.41) is 8.32. The summed E-state index contributed by atoms with van der Waals surface area (Å²) in [6.45, 7) is 11.5. The fourth-order valence-electron chi connectivity index (χ4n) is 8.00. The summed E-state index contributed by atoms with van der Waals surface area (Å²) in [6, 6.07) is 14.5. The molecule has 12 nitrogen and oxygen atoms in total. The number of hydrogen-bond acceptors (Lipinski definition) is 9. The van der Waals surface area contributed by atoms with Gasteiger partial charge >= 0.3 is 18.0 Å². The fourth-order valence-corrected chi connectivity index (χ4v) is 8.00. The number of ether oxygens (including phenoxy) is 3. The van der Waals surface area contributed by atoms with Gasteiger partial charge in [0.05, 0.1) is 6.04 Å². The summed E-state index contributed by atoms with van der Waals surface area (Å²) in [4.78, 5) is 74.8. The van der Waals surface area contributed by atoms with Gasteiger partial charge in [0.15, 0.2) is 0 Å². The van der Waals surface area contributed by atoms with Crippen molar-refractivity contribution in [2.24, 2.45) is 0 Å². The average Bonchev–Trinajstić information content (AvgIpc) is 3.55. The quantitative estimate of drug-likeness (QED) is 0.0289. The molecule has 0 fully saturated rings. The maximum absolute atomic E-state index is 13.0. The van der Waals surface area contributed by atoms with Gasteiger partial charge in [-0.3, -0.25) is 14.4 Å². The smallest absolute Gasteiger partial charge is 0.407 e. The molecule has 0 saturated carbocycles. The molecule has 3 rings (SSSR count). The second-order valence-electron chi connectivity index (χ2n) is 19.3. The van der Waals surface area contributed by atoms with Crippen molar-refractivity contribution < 1.29 is 43.0 Å². The minimum absolute atomic E-state index is 0.0296. The Bertz CT molecular complexity index is 1700. The van der Waals surface area contributed by atoms with Crippen LogP contribution in [0.1, 0.15) is 193 Å². The van der Waals surface area contributed by atoms with E-state index < -0.39 is 35.3 Å². The van der Waals surface area contributed by atoms with Gasteiger partial charge in [0.2, 0.25) is 11.8 Å². The number of amides is 3. The summed E-state index contributed by atoms with van der Waals surface area (Å²) in [7, 11) is 0. The van der Waals surface area contributed by atoms with E-state index in [1.165, 1.54) is 51.4 Å². The highest BCUT2D eigenvalue weighted by atomic mass is 16.6. The highest BCUT2D eigenvalue weighted by Gasteiger charge is 2.30. The van der Waals surface area contributed by atoms with Crippen molar-refractivity contribution in [3.8, 4) is 11.1 Å². The zero-order valence-electron chi connectivity index (χ0n) is 39.9. The molecular weight excluding hydrogens is 811 g/mol. The first-order valence-electron chi connectivity index (χ1n) is 24.1. The first-order chi connectivity index (χ1) is 30.6. The predicted molar refractivity (Wildman–Crippen MR) is 252 cm³/mol. The highest BCUT2D eigenvalue weighted by molar-refractivity contribution is 5.85.